The molecule has 252 valence electrons. The maximum atomic E-state index is 12.6. The molecule has 1 atom stereocenters. The van der Waals surface area contributed by atoms with Crippen LogP contribution in [0.25, 0.3) is 0 Å². The lowest BCUT2D eigenvalue weighted by Crippen LogP contribution is -2.44. The van der Waals surface area contributed by atoms with Gasteiger partial charge in [0, 0.05) is 25.4 Å². The van der Waals surface area contributed by atoms with E-state index in [9.17, 15) is 24.6 Å². The first-order chi connectivity index (χ1) is 22.5. The second kappa shape index (κ2) is 28.4. The second-order valence-electron chi connectivity index (χ2n) is 10.5. The molecule has 0 saturated heterocycles. The van der Waals surface area contributed by atoms with Crippen LogP contribution in [0.5, 0.6) is 0 Å². The third-order valence-electron chi connectivity index (χ3n) is 6.57. The first-order valence-corrected chi connectivity index (χ1v) is 16.3. The average molecular weight is 636 g/mol. The summed E-state index contributed by atoms with van der Waals surface area (Å²) in [6, 6.07) is 2.43. The molecule has 0 bridgehead atoms. The molecule has 0 aliphatic carbocycles. The molecule has 0 radical (unpaired) electrons. The van der Waals surface area contributed by atoms with Gasteiger partial charge in [-0.1, -0.05) is 79.8 Å². The summed E-state index contributed by atoms with van der Waals surface area (Å²) < 4.78 is 5.15. The number of hydrogen-bond donors (Lipinski definition) is 4. The Morgan fingerprint density at radius 3 is 1.91 bits per heavy atom. The number of carbonyl (C=O) groups is 3. The van der Waals surface area contributed by atoms with Gasteiger partial charge in [0.15, 0.2) is 0 Å². The largest absolute Gasteiger partial charge is 0.456 e. The fourth-order valence-electron chi connectivity index (χ4n) is 4.02. The molecule has 0 spiro atoms. The summed E-state index contributed by atoms with van der Waals surface area (Å²) in [5.74, 6) is -1.24. The fourth-order valence-corrected chi connectivity index (χ4v) is 4.02. The minimum Gasteiger partial charge on any atom is -0.456 e. The number of amides is 2. The summed E-state index contributed by atoms with van der Waals surface area (Å²) in [6.45, 7) is 1.48. The average Bonchev–Trinajstić information content (AvgIpc) is 3.07. The van der Waals surface area contributed by atoms with Crippen molar-refractivity contribution in [3.05, 3.63) is 103 Å². The van der Waals surface area contributed by atoms with E-state index < -0.39 is 31.3 Å². The first kappa shape index (κ1) is 39.9. The zero-order valence-electron chi connectivity index (χ0n) is 27.3. The van der Waals surface area contributed by atoms with Crippen molar-refractivity contribution in [1.29, 1.82) is 0 Å². The molecular formula is C37H53N3O6. The summed E-state index contributed by atoms with van der Waals surface area (Å²) >= 11 is 0. The lowest BCUT2D eigenvalue weighted by Gasteiger charge is -2.20. The minimum absolute atomic E-state index is 0.205. The smallest absolute Gasteiger partial charge is 0.329 e. The Kier molecular flexibility index (Phi) is 24.7. The predicted octanol–water partition coefficient (Wildman–Crippen LogP) is 5.84. The number of esters is 1. The van der Waals surface area contributed by atoms with Gasteiger partial charge < -0.3 is 25.6 Å². The Labute approximate surface area is 274 Å². The van der Waals surface area contributed by atoms with Gasteiger partial charge >= 0.3 is 5.97 Å². The normalized spacial score (nSPS) is 12.9. The van der Waals surface area contributed by atoms with Crippen molar-refractivity contribution in [2.75, 3.05) is 19.8 Å². The van der Waals surface area contributed by atoms with Crippen molar-refractivity contribution in [2.24, 2.45) is 0 Å². The standard InChI is InChI=1S/C37H53N3O6/c1-2-3-4-5-6-7-8-9-10-11-12-13-14-15-16-17-18-19-20-26-35(43)40-34(37(45)46-33(30-41)31-42)25-21-22-28-39-36(44)32-24-23-27-38-29-32/h3-4,6-7,9-10,12-13,15-16,18-19,23-24,27,29,33-34,41-42H,2,5,8,11,14,17,20-22,25-26,28,30-31H2,1H3,(H,39,44)(H,40,43)/b4-3-,7-6-,10-9-,13-12-,16-15-,19-18-/t34-/m0/s1. The number of aliphatic hydroxyl groups is 2. The van der Waals surface area contributed by atoms with E-state index in [1.54, 1.807) is 18.3 Å². The van der Waals surface area contributed by atoms with Crippen molar-refractivity contribution in [2.45, 2.75) is 89.7 Å². The van der Waals surface area contributed by atoms with Gasteiger partial charge in [-0.2, -0.15) is 0 Å². The van der Waals surface area contributed by atoms with Crippen molar-refractivity contribution >= 4 is 17.8 Å². The van der Waals surface area contributed by atoms with Gasteiger partial charge in [0.1, 0.15) is 12.1 Å². The van der Waals surface area contributed by atoms with Crippen molar-refractivity contribution in [3.8, 4) is 0 Å². The fraction of sp³-hybridized carbons (Fsp3) is 0.459. The third kappa shape index (κ3) is 21.6. The van der Waals surface area contributed by atoms with Gasteiger partial charge in [-0.25, -0.2) is 4.79 Å². The molecule has 0 unspecified atom stereocenters. The molecule has 0 aliphatic heterocycles. The Morgan fingerprint density at radius 2 is 1.39 bits per heavy atom. The van der Waals surface area contributed by atoms with E-state index in [4.69, 9.17) is 4.74 Å². The Morgan fingerprint density at radius 1 is 0.826 bits per heavy atom. The van der Waals surface area contributed by atoms with Crippen LogP contribution in [0.1, 0.15) is 87.9 Å². The topological polar surface area (TPSA) is 138 Å². The lowest BCUT2D eigenvalue weighted by atomic mass is 10.1. The van der Waals surface area contributed by atoms with Gasteiger partial charge in [-0.05, 0) is 76.3 Å². The van der Waals surface area contributed by atoms with Crippen LogP contribution in [0.15, 0.2) is 97.4 Å². The maximum absolute atomic E-state index is 12.6. The van der Waals surface area contributed by atoms with E-state index in [-0.39, 0.29) is 24.7 Å². The molecule has 0 fully saturated rings. The Hall–Kier alpha value is -4.08. The number of aliphatic hydroxyl groups excluding tert-OH is 2. The Bertz CT molecular complexity index is 1140. The van der Waals surface area contributed by atoms with Crippen LogP contribution in [0.2, 0.25) is 0 Å². The zero-order valence-corrected chi connectivity index (χ0v) is 27.3. The Balaban J connectivity index is 2.32. The molecule has 46 heavy (non-hydrogen) atoms. The molecule has 9 heteroatoms. The van der Waals surface area contributed by atoms with Crippen LogP contribution in [0, 0.1) is 0 Å². The number of nitrogens with zero attached hydrogens (tertiary/aromatic N) is 1. The summed E-state index contributed by atoms with van der Waals surface area (Å²) in [7, 11) is 0. The van der Waals surface area contributed by atoms with E-state index in [0.29, 0.717) is 31.4 Å². The van der Waals surface area contributed by atoms with E-state index in [1.165, 1.54) is 6.20 Å². The zero-order chi connectivity index (χ0) is 33.5. The van der Waals surface area contributed by atoms with Gasteiger partial charge in [-0.15, -0.1) is 0 Å². The highest BCUT2D eigenvalue weighted by molar-refractivity contribution is 5.93. The van der Waals surface area contributed by atoms with Crippen LogP contribution < -0.4 is 10.6 Å². The number of aromatic nitrogens is 1. The molecule has 0 saturated carbocycles. The van der Waals surface area contributed by atoms with Gasteiger partial charge in [0.05, 0.1) is 18.8 Å². The van der Waals surface area contributed by atoms with Crippen LogP contribution in [0.3, 0.4) is 0 Å². The number of pyridine rings is 1. The molecule has 0 aliphatic rings. The summed E-state index contributed by atoms with van der Waals surface area (Å²) in [5, 5.41) is 24.0. The molecule has 1 aromatic rings. The molecule has 0 aromatic carbocycles. The van der Waals surface area contributed by atoms with E-state index >= 15 is 0 Å². The molecule has 4 N–H and O–H groups in total. The summed E-state index contributed by atoms with van der Waals surface area (Å²) in [6.07, 6.45) is 35.2. The third-order valence-corrected chi connectivity index (χ3v) is 6.57. The van der Waals surface area contributed by atoms with Crippen molar-refractivity contribution in [3.63, 3.8) is 0 Å². The highest BCUT2D eigenvalue weighted by Gasteiger charge is 2.24. The monoisotopic (exact) mass is 635 g/mol. The number of ether oxygens (including phenoxy) is 1. The molecular weight excluding hydrogens is 582 g/mol. The van der Waals surface area contributed by atoms with Crippen LogP contribution in [0.4, 0.5) is 0 Å². The van der Waals surface area contributed by atoms with Crippen LogP contribution >= 0.6 is 0 Å². The van der Waals surface area contributed by atoms with Gasteiger partial charge in [0.2, 0.25) is 5.91 Å². The number of nitrogens with one attached hydrogen (secondary N) is 2. The molecule has 1 aromatic heterocycles. The molecule has 2 amide bonds. The van der Waals surface area contributed by atoms with Gasteiger partial charge in [0.25, 0.3) is 5.91 Å². The molecule has 1 rings (SSSR count). The predicted molar refractivity (Wildman–Crippen MR) is 184 cm³/mol. The van der Waals surface area contributed by atoms with Crippen molar-refractivity contribution in [1.82, 2.24) is 15.6 Å². The van der Waals surface area contributed by atoms with Crippen LogP contribution in [-0.2, 0) is 14.3 Å². The van der Waals surface area contributed by atoms with E-state index in [1.807, 2.05) is 12.2 Å². The highest BCUT2D eigenvalue weighted by Crippen LogP contribution is 2.07. The minimum atomic E-state index is -1.05. The first-order valence-electron chi connectivity index (χ1n) is 16.3. The molecule has 1 heterocycles. The number of hydrogen-bond acceptors (Lipinski definition) is 7. The quantitative estimate of drug-likeness (QED) is 0.0602. The summed E-state index contributed by atoms with van der Waals surface area (Å²) in [4.78, 5) is 41.3. The van der Waals surface area contributed by atoms with Gasteiger partial charge in [-0.3, -0.25) is 14.6 Å². The SMILES string of the molecule is CC/C=C\C/C=C\C/C=C\C/C=C\C/C=C\C/C=C\CCC(=O)N[C@@H](CCCCNC(=O)c1cccnc1)C(=O)OC(CO)CO. The van der Waals surface area contributed by atoms with Crippen LogP contribution in [-0.4, -0.2) is 64.9 Å². The number of carbonyl (C=O) groups excluding carboxylic acids is 3. The lowest BCUT2D eigenvalue weighted by molar-refractivity contribution is -0.157. The molecule has 9 nitrogen and oxygen atoms in total. The number of rotatable bonds is 25. The summed E-state index contributed by atoms with van der Waals surface area (Å²) in [5.41, 5.74) is 0.460. The van der Waals surface area contributed by atoms with Crippen molar-refractivity contribution < 1.29 is 29.3 Å². The number of unbranched alkanes of at least 4 members (excludes halogenated alkanes) is 1. The maximum Gasteiger partial charge on any atom is 0.329 e. The van der Waals surface area contributed by atoms with E-state index in [2.05, 4.69) is 83.3 Å². The second-order valence-corrected chi connectivity index (χ2v) is 10.5. The highest BCUT2D eigenvalue weighted by atomic mass is 16.6. The number of allylic oxidation sites excluding steroid dienone is 12. The van der Waals surface area contributed by atoms with E-state index in [0.717, 1.165) is 38.5 Å².